The van der Waals surface area contributed by atoms with E-state index in [1.54, 1.807) is 14.2 Å². The first-order chi connectivity index (χ1) is 13.3. The second kappa shape index (κ2) is 6.60. The number of methoxy groups -OCH3 is 2. The van der Waals surface area contributed by atoms with Crippen molar-refractivity contribution in [1.82, 2.24) is 4.57 Å². The number of hydrogen-bond donors (Lipinski definition) is 1. The van der Waals surface area contributed by atoms with Crippen molar-refractivity contribution in [2.75, 3.05) is 19.5 Å². The Morgan fingerprint density at radius 1 is 1.04 bits per heavy atom. The number of aryl methyl sites for hydroxylation is 3. The third-order valence-electron chi connectivity index (χ3n) is 5.29. The Hall–Kier alpha value is -2.92. The Kier molecular flexibility index (Phi) is 4.35. The van der Waals surface area contributed by atoms with Gasteiger partial charge in [-0.2, -0.15) is 0 Å². The Morgan fingerprint density at radius 3 is 2.36 bits per heavy atom. The highest BCUT2D eigenvalue weighted by atomic mass is 35.5. The average Bonchev–Trinajstić information content (AvgIpc) is 3.09. The number of halogens is 1. The molecule has 0 unspecified atom stereocenters. The van der Waals surface area contributed by atoms with Crippen LogP contribution >= 0.6 is 11.6 Å². The van der Waals surface area contributed by atoms with Crippen molar-refractivity contribution < 1.29 is 14.3 Å². The van der Waals surface area contributed by atoms with Gasteiger partial charge in [0.15, 0.2) is 0 Å². The molecule has 1 aliphatic heterocycles. The molecule has 144 valence electrons. The minimum absolute atomic E-state index is 0.158. The minimum Gasteiger partial charge on any atom is -0.496 e. The van der Waals surface area contributed by atoms with Crippen LogP contribution < -0.4 is 14.8 Å². The van der Waals surface area contributed by atoms with Gasteiger partial charge in [-0.3, -0.25) is 4.79 Å². The van der Waals surface area contributed by atoms with Crippen LogP contribution in [0.1, 0.15) is 22.3 Å². The quantitative estimate of drug-likeness (QED) is 0.637. The molecule has 0 atom stereocenters. The van der Waals surface area contributed by atoms with Crippen molar-refractivity contribution in [3.8, 4) is 11.5 Å². The van der Waals surface area contributed by atoms with Crippen LogP contribution in [0.25, 0.3) is 22.6 Å². The summed E-state index contributed by atoms with van der Waals surface area (Å²) in [6, 6.07) is 7.81. The summed E-state index contributed by atoms with van der Waals surface area (Å²) in [5, 5.41) is 4.43. The standard InChI is InChI=1S/C22H21ClN2O3/c1-11-6-17-13(9-19(11)27-4)16(22(26)24-17)8-15-14-10-20(28-5)12(2)7-18(14)25(3)21(15)23/h6-10H,1-5H3,(H,24,26)/b16-8+. The lowest BCUT2D eigenvalue weighted by Crippen LogP contribution is -2.03. The van der Waals surface area contributed by atoms with Crippen LogP contribution in [0.3, 0.4) is 0 Å². The first kappa shape index (κ1) is 18.4. The predicted octanol–water partition coefficient (Wildman–Crippen LogP) is 4.96. The van der Waals surface area contributed by atoms with Crippen molar-refractivity contribution >= 4 is 45.7 Å². The van der Waals surface area contributed by atoms with Crippen molar-refractivity contribution in [3.05, 3.63) is 51.7 Å². The highest BCUT2D eigenvalue weighted by Gasteiger charge is 2.27. The average molecular weight is 397 g/mol. The summed E-state index contributed by atoms with van der Waals surface area (Å²) in [5.41, 5.74) is 5.90. The fourth-order valence-electron chi connectivity index (χ4n) is 3.75. The van der Waals surface area contributed by atoms with Gasteiger partial charge in [-0.15, -0.1) is 0 Å². The van der Waals surface area contributed by atoms with Gasteiger partial charge in [0.2, 0.25) is 0 Å². The molecule has 0 spiro atoms. The molecule has 0 saturated carbocycles. The molecule has 2 aromatic carbocycles. The minimum atomic E-state index is -0.158. The molecular formula is C22H21ClN2O3. The Balaban J connectivity index is 1.97. The molecule has 0 saturated heterocycles. The van der Waals surface area contributed by atoms with E-state index in [-0.39, 0.29) is 5.91 Å². The maximum atomic E-state index is 12.7. The Morgan fingerprint density at radius 2 is 1.68 bits per heavy atom. The number of amides is 1. The maximum absolute atomic E-state index is 12.7. The van der Waals surface area contributed by atoms with E-state index in [4.69, 9.17) is 21.1 Å². The van der Waals surface area contributed by atoms with Crippen LogP contribution in [0.5, 0.6) is 11.5 Å². The van der Waals surface area contributed by atoms with Crippen molar-refractivity contribution in [1.29, 1.82) is 0 Å². The number of carbonyl (C=O) groups is 1. The number of nitrogens with one attached hydrogen (secondary N) is 1. The zero-order valence-electron chi connectivity index (χ0n) is 16.4. The van der Waals surface area contributed by atoms with E-state index in [2.05, 4.69) is 5.32 Å². The van der Waals surface area contributed by atoms with Gasteiger partial charge in [0.05, 0.1) is 19.7 Å². The number of anilines is 1. The molecule has 0 aliphatic carbocycles. The van der Waals surface area contributed by atoms with E-state index < -0.39 is 0 Å². The summed E-state index contributed by atoms with van der Waals surface area (Å²) in [6.07, 6.45) is 1.84. The molecule has 0 bridgehead atoms. The van der Waals surface area contributed by atoms with E-state index in [9.17, 15) is 4.79 Å². The first-order valence-electron chi connectivity index (χ1n) is 8.90. The smallest absolute Gasteiger partial charge is 0.256 e. The third-order valence-corrected chi connectivity index (χ3v) is 5.75. The van der Waals surface area contributed by atoms with Gasteiger partial charge < -0.3 is 19.4 Å². The SMILES string of the molecule is COc1cc2c(cc1C)NC(=O)/C2=C/c1c(Cl)n(C)c2cc(C)c(OC)cc12. The summed E-state index contributed by atoms with van der Waals surface area (Å²) in [6.45, 7) is 3.94. The monoisotopic (exact) mass is 396 g/mol. The molecule has 1 N–H and O–H groups in total. The van der Waals surface area contributed by atoms with Gasteiger partial charge in [0, 0.05) is 34.8 Å². The largest absolute Gasteiger partial charge is 0.496 e. The predicted molar refractivity (Wildman–Crippen MR) is 113 cm³/mol. The van der Waals surface area contributed by atoms with E-state index in [1.165, 1.54) is 0 Å². The van der Waals surface area contributed by atoms with E-state index in [0.29, 0.717) is 10.7 Å². The van der Waals surface area contributed by atoms with Crippen molar-refractivity contribution in [2.24, 2.45) is 7.05 Å². The van der Waals surface area contributed by atoms with Crippen LogP contribution in [0.4, 0.5) is 5.69 Å². The molecule has 0 fully saturated rings. The van der Waals surface area contributed by atoms with Crippen LogP contribution in [0, 0.1) is 13.8 Å². The van der Waals surface area contributed by atoms with Crippen LogP contribution in [-0.2, 0) is 11.8 Å². The zero-order valence-corrected chi connectivity index (χ0v) is 17.2. The number of hydrogen-bond acceptors (Lipinski definition) is 3. The van der Waals surface area contributed by atoms with Gasteiger partial charge in [0.25, 0.3) is 5.91 Å². The fourth-order valence-corrected chi connectivity index (χ4v) is 4.00. The molecular weight excluding hydrogens is 376 g/mol. The van der Waals surface area contributed by atoms with Gasteiger partial charge >= 0.3 is 0 Å². The molecule has 3 aromatic rings. The molecule has 6 heteroatoms. The zero-order chi connectivity index (χ0) is 20.2. The first-order valence-corrected chi connectivity index (χ1v) is 9.28. The highest BCUT2D eigenvalue weighted by molar-refractivity contribution is 6.38. The molecule has 1 aromatic heterocycles. The summed E-state index contributed by atoms with van der Waals surface area (Å²) in [4.78, 5) is 12.7. The van der Waals surface area contributed by atoms with Crippen molar-refractivity contribution in [2.45, 2.75) is 13.8 Å². The number of fused-ring (bicyclic) bond motifs is 2. The van der Waals surface area contributed by atoms with Crippen LogP contribution in [0.15, 0.2) is 24.3 Å². The van der Waals surface area contributed by atoms with Crippen molar-refractivity contribution in [3.63, 3.8) is 0 Å². The van der Waals surface area contributed by atoms with Crippen LogP contribution in [-0.4, -0.2) is 24.7 Å². The number of nitrogens with zero attached hydrogens (tertiary/aromatic N) is 1. The number of ether oxygens (including phenoxy) is 2. The third kappa shape index (κ3) is 2.66. The van der Waals surface area contributed by atoms with E-state index in [0.717, 1.165) is 50.3 Å². The molecule has 4 rings (SSSR count). The van der Waals surface area contributed by atoms with Gasteiger partial charge in [-0.25, -0.2) is 0 Å². The van der Waals surface area contributed by atoms with Gasteiger partial charge in [0.1, 0.15) is 16.7 Å². The summed E-state index contributed by atoms with van der Waals surface area (Å²) in [7, 11) is 5.18. The second-order valence-corrected chi connectivity index (χ2v) is 7.34. The molecule has 2 heterocycles. The van der Waals surface area contributed by atoms with Gasteiger partial charge in [-0.1, -0.05) is 11.6 Å². The number of benzene rings is 2. The van der Waals surface area contributed by atoms with E-state index >= 15 is 0 Å². The topological polar surface area (TPSA) is 52.5 Å². The summed E-state index contributed by atoms with van der Waals surface area (Å²) in [5.74, 6) is 1.36. The molecule has 0 radical (unpaired) electrons. The maximum Gasteiger partial charge on any atom is 0.256 e. The number of rotatable bonds is 3. The van der Waals surface area contributed by atoms with Crippen LogP contribution in [0.2, 0.25) is 5.15 Å². The lowest BCUT2D eigenvalue weighted by molar-refractivity contribution is -0.110. The summed E-state index contributed by atoms with van der Waals surface area (Å²) < 4.78 is 12.8. The molecule has 5 nitrogen and oxygen atoms in total. The normalized spacial score (nSPS) is 14.5. The molecule has 1 aliphatic rings. The Bertz CT molecular complexity index is 1170. The Labute approximate surface area is 168 Å². The van der Waals surface area contributed by atoms with Gasteiger partial charge in [-0.05, 0) is 55.3 Å². The molecule has 1 amide bonds. The number of aromatic nitrogens is 1. The lowest BCUT2D eigenvalue weighted by atomic mass is 10.0. The highest BCUT2D eigenvalue weighted by Crippen LogP contribution is 2.41. The fraction of sp³-hybridized carbons (Fsp3) is 0.227. The van der Waals surface area contributed by atoms with E-state index in [1.807, 2.05) is 55.8 Å². The summed E-state index contributed by atoms with van der Waals surface area (Å²) >= 11 is 6.64. The second-order valence-electron chi connectivity index (χ2n) is 6.98. The molecule has 28 heavy (non-hydrogen) atoms. The number of carbonyl (C=O) groups excluding carboxylic acids is 1. The lowest BCUT2D eigenvalue weighted by Gasteiger charge is -2.07.